The Kier molecular flexibility index (Phi) is 6.71. The van der Waals surface area contributed by atoms with Crippen molar-refractivity contribution in [1.29, 1.82) is 0 Å². The van der Waals surface area contributed by atoms with E-state index in [-0.39, 0.29) is 12.5 Å². The molecule has 25 heavy (non-hydrogen) atoms. The Balaban J connectivity index is 1.80. The van der Waals surface area contributed by atoms with E-state index >= 15 is 0 Å². The zero-order chi connectivity index (χ0) is 18.2. The van der Waals surface area contributed by atoms with Crippen LogP contribution < -0.4 is 15.6 Å². The molecular weight excluding hydrogens is 384 g/mol. The molecule has 0 fully saturated rings. The summed E-state index contributed by atoms with van der Waals surface area (Å²) in [6, 6.07) is 14.7. The normalized spacial score (nSPS) is 10.5. The number of carbonyl (C=O) groups is 2. The number of carbonyl (C=O) groups excluding carboxylic acids is 2. The number of halogens is 1. The molecule has 2 aromatic rings. The quantitative estimate of drug-likeness (QED) is 0.575. The van der Waals surface area contributed by atoms with Crippen LogP contribution in [0, 0.1) is 0 Å². The summed E-state index contributed by atoms with van der Waals surface area (Å²) in [7, 11) is 3.93. The Labute approximate surface area is 155 Å². The average molecular weight is 403 g/mol. The van der Waals surface area contributed by atoms with Gasteiger partial charge in [0.25, 0.3) is 11.8 Å². The van der Waals surface area contributed by atoms with Gasteiger partial charge in [0, 0.05) is 24.3 Å². The van der Waals surface area contributed by atoms with Crippen LogP contribution in [0.25, 0.3) is 0 Å². The molecule has 2 amide bonds. The van der Waals surface area contributed by atoms with Gasteiger partial charge in [-0.3, -0.25) is 9.59 Å². The van der Waals surface area contributed by atoms with E-state index in [1.54, 1.807) is 24.4 Å². The van der Waals surface area contributed by atoms with Crippen molar-refractivity contribution < 1.29 is 9.59 Å². The second-order valence-corrected chi connectivity index (χ2v) is 6.30. The summed E-state index contributed by atoms with van der Waals surface area (Å²) in [5.41, 5.74) is 4.80. The minimum Gasteiger partial charge on any atom is -0.378 e. The molecule has 0 unspecified atom stereocenters. The fourth-order valence-corrected chi connectivity index (χ4v) is 2.44. The number of hydrogen-bond acceptors (Lipinski definition) is 4. The summed E-state index contributed by atoms with van der Waals surface area (Å²) in [4.78, 5) is 25.7. The molecule has 7 heteroatoms. The van der Waals surface area contributed by atoms with Gasteiger partial charge in [-0.25, -0.2) is 5.43 Å². The van der Waals surface area contributed by atoms with Crippen molar-refractivity contribution in [1.82, 2.24) is 10.7 Å². The highest BCUT2D eigenvalue weighted by Gasteiger charge is 2.10. The predicted molar refractivity (Wildman–Crippen MR) is 103 cm³/mol. The maximum Gasteiger partial charge on any atom is 0.259 e. The van der Waals surface area contributed by atoms with Gasteiger partial charge in [-0.1, -0.05) is 24.3 Å². The van der Waals surface area contributed by atoms with Crippen molar-refractivity contribution in [3.8, 4) is 0 Å². The zero-order valence-electron chi connectivity index (χ0n) is 14.0. The molecule has 0 saturated heterocycles. The fraction of sp³-hybridized carbons (Fsp3) is 0.167. The van der Waals surface area contributed by atoms with Crippen molar-refractivity contribution in [2.75, 3.05) is 25.5 Å². The number of benzene rings is 2. The SMILES string of the molecule is CN(C)c1ccc(C=NNC(=O)CNC(=O)c2ccccc2Br)cc1. The molecule has 130 valence electrons. The van der Waals surface area contributed by atoms with E-state index in [4.69, 9.17) is 0 Å². The van der Waals surface area contributed by atoms with Crippen LogP contribution in [0.4, 0.5) is 5.69 Å². The van der Waals surface area contributed by atoms with Gasteiger partial charge in [-0.05, 0) is 45.8 Å². The smallest absolute Gasteiger partial charge is 0.259 e. The number of hydrazone groups is 1. The number of nitrogens with zero attached hydrogens (tertiary/aromatic N) is 2. The molecule has 2 N–H and O–H groups in total. The standard InChI is InChI=1S/C18H19BrN4O2/c1-23(2)14-9-7-13(8-10-14)11-21-22-17(24)12-20-18(25)15-5-3-4-6-16(15)19/h3-11H,12H2,1-2H3,(H,20,25)(H,22,24). The minimum atomic E-state index is -0.401. The Morgan fingerprint density at radius 3 is 2.44 bits per heavy atom. The van der Waals surface area contributed by atoms with Crippen LogP contribution in [0.5, 0.6) is 0 Å². The van der Waals surface area contributed by atoms with Crippen molar-refractivity contribution in [3.63, 3.8) is 0 Å². The molecule has 0 radical (unpaired) electrons. The van der Waals surface area contributed by atoms with E-state index < -0.39 is 5.91 Å². The lowest BCUT2D eigenvalue weighted by atomic mass is 10.2. The highest BCUT2D eigenvalue weighted by atomic mass is 79.9. The van der Waals surface area contributed by atoms with Crippen LogP contribution in [0.3, 0.4) is 0 Å². The zero-order valence-corrected chi connectivity index (χ0v) is 15.6. The van der Waals surface area contributed by atoms with Crippen LogP contribution in [0.1, 0.15) is 15.9 Å². The second kappa shape index (κ2) is 8.98. The summed E-state index contributed by atoms with van der Waals surface area (Å²) in [6.45, 7) is -0.156. The Bertz CT molecular complexity index is 773. The van der Waals surface area contributed by atoms with E-state index in [9.17, 15) is 9.59 Å². The molecule has 0 aliphatic heterocycles. The molecule has 0 heterocycles. The summed E-state index contributed by atoms with van der Waals surface area (Å²) in [6.07, 6.45) is 1.55. The molecule has 0 aliphatic rings. The number of rotatable bonds is 6. The van der Waals surface area contributed by atoms with Crippen LogP contribution >= 0.6 is 15.9 Å². The van der Waals surface area contributed by atoms with Crippen LogP contribution in [0.15, 0.2) is 58.1 Å². The van der Waals surface area contributed by atoms with Crippen molar-refractivity contribution in [2.24, 2.45) is 5.10 Å². The maximum absolute atomic E-state index is 12.0. The fourth-order valence-electron chi connectivity index (χ4n) is 1.98. The molecule has 2 rings (SSSR count). The minimum absolute atomic E-state index is 0.156. The molecule has 0 bridgehead atoms. The van der Waals surface area contributed by atoms with E-state index in [0.29, 0.717) is 10.0 Å². The van der Waals surface area contributed by atoms with Gasteiger partial charge in [-0.2, -0.15) is 5.10 Å². The predicted octanol–water partition coefficient (Wildman–Crippen LogP) is 2.40. The van der Waals surface area contributed by atoms with Gasteiger partial charge >= 0.3 is 0 Å². The number of anilines is 1. The highest BCUT2D eigenvalue weighted by Crippen LogP contribution is 2.15. The second-order valence-electron chi connectivity index (χ2n) is 5.44. The van der Waals surface area contributed by atoms with Crippen molar-refractivity contribution in [2.45, 2.75) is 0 Å². The third-order valence-corrected chi connectivity index (χ3v) is 4.03. The Hall–Kier alpha value is -2.67. The number of amides is 2. The van der Waals surface area contributed by atoms with E-state index in [1.807, 2.05) is 49.3 Å². The van der Waals surface area contributed by atoms with Crippen LogP contribution in [-0.2, 0) is 4.79 Å². The highest BCUT2D eigenvalue weighted by molar-refractivity contribution is 9.10. The lowest BCUT2D eigenvalue weighted by Crippen LogP contribution is -2.35. The van der Waals surface area contributed by atoms with E-state index in [2.05, 4.69) is 31.8 Å². The van der Waals surface area contributed by atoms with Gasteiger partial charge in [0.05, 0.1) is 18.3 Å². The summed E-state index contributed by atoms with van der Waals surface area (Å²) in [5, 5.41) is 6.43. The molecule has 2 aromatic carbocycles. The van der Waals surface area contributed by atoms with Crippen LogP contribution in [-0.4, -0.2) is 38.7 Å². The van der Waals surface area contributed by atoms with Gasteiger partial charge < -0.3 is 10.2 Å². The number of nitrogens with one attached hydrogen (secondary N) is 2. The maximum atomic E-state index is 12.0. The van der Waals surface area contributed by atoms with Crippen molar-refractivity contribution >= 4 is 39.6 Å². The monoisotopic (exact) mass is 402 g/mol. The van der Waals surface area contributed by atoms with E-state index in [0.717, 1.165) is 11.3 Å². The molecule has 0 atom stereocenters. The molecule has 0 spiro atoms. The third kappa shape index (κ3) is 5.72. The number of hydrogen-bond donors (Lipinski definition) is 2. The molecule has 0 aliphatic carbocycles. The Morgan fingerprint density at radius 2 is 1.80 bits per heavy atom. The molecular formula is C18H19BrN4O2. The van der Waals surface area contributed by atoms with Gasteiger partial charge in [-0.15, -0.1) is 0 Å². The molecule has 0 saturated carbocycles. The lowest BCUT2D eigenvalue weighted by Gasteiger charge is -2.11. The topological polar surface area (TPSA) is 73.8 Å². The first-order chi connectivity index (χ1) is 12.0. The summed E-state index contributed by atoms with van der Waals surface area (Å²) < 4.78 is 0.673. The Morgan fingerprint density at radius 1 is 1.12 bits per heavy atom. The molecule has 6 nitrogen and oxygen atoms in total. The van der Waals surface area contributed by atoms with E-state index in [1.165, 1.54) is 0 Å². The first-order valence-corrected chi connectivity index (χ1v) is 8.38. The first-order valence-electron chi connectivity index (χ1n) is 7.59. The average Bonchev–Trinajstić information content (AvgIpc) is 2.60. The van der Waals surface area contributed by atoms with Crippen molar-refractivity contribution in [3.05, 3.63) is 64.1 Å². The summed E-state index contributed by atoms with van der Waals surface area (Å²) in [5.74, 6) is -0.729. The summed E-state index contributed by atoms with van der Waals surface area (Å²) >= 11 is 3.30. The van der Waals surface area contributed by atoms with Crippen LogP contribution in [0.2, 0.25) is 0 Å². The first kappa shape index (κ1) is 18.7. The van der Waals surface area contributed by atoms with Gasteiger partial charge in [0.15, 0.2) is 0 Å². The lowest BCUT2D eigenvalue weighted by molar-refractivity contribution is -0.120. The molecule has 0 aromatic heterocycles. The third-order valence-electron chi connectivity index (χ3n) is 3.34. The van der Waals surface area contributed by atoms with Gasteiger partial charge in [0.2, 0.25) is 0 Å². The van der Waals surface area contributed by atoms with Gasteiger partial charge in [0.1, 0.15) is 0 Å². The largest absolute Gasteiger partial charge is 0.378 e.